The molecule has 1 aliphatic heterocycles. The molecule has 3 rings (SSSR count). The van der Waals surface area contributed by atoms with Gasteiger partial charge >= 0.3 is 0 Å². The molecular formula is C18H24N6O3. The van der Waals surface area contributed by atoms with Crippen LogP contribution < -0.4 is 5.32 Å². The first-order chi connectivity index (χ1) is 12.9. The summed E-state index contributed by atoms with van der Waals surface area (Å²) >= 11 is 0. The molecule has 144 valence electrons. The standard InChI is InChI=1S/C18H24N6O3/c1-22(2)17(26)10-23-7-6-15(16(25)9-23)21-18(27)13-4-3-5-14(8-13)24-11-19-20-12-24/h3-5,8,11-12,15-16,25H,6-7,9-10H2,1-2H3,(H,21,27)/t15-,16-/m1/s1. The number of amides is 2. The zero-order valence-corrected chi connectivity index (χ0v) is 15.4. The largest absolute Gasteiger partial charge is 0.390 e. The number of nitrogens with one attached hydrogen (secondary N) is 1. The van der Waals surface area contributed by atoms with Crippen LogP contribution >= 0.6 is 0 Å². The maximum Gasteiger partial charge on any atom is 0.251 e. The molecule has 9 nitrogen and oxygen atoms in total. The maximum atomic E-state index is 12.6. The summed E-state index contributed by atoms with van der Waals surface area (Å²) in [6.45, 7) is 1.26. The summed E-state index contributed by atoms with van der Waals surface area (Å²) in [5.74, 6) is -0.248. The highest BCUT2D eigenvalue weighted by Crippen LogP contribution is 2.14. The van der Waals surface area contributed by atoms with E-state index < -0.39 is 6.10 Å². The lowest BCUT2D eigenvalue weighted by molar-refractivity contribution is -0.130. The summed E-state index contributed by atoms with van der Waals surface area (Å²) < 4.78 is 1.71. The predicted molar refractivity (Wildman–Crippen MR) is 98.4 cm³/mol. The Balaban J connectivity index is 1.59. The fraction of sp³-hybridized carbons (Fsp3) is 0.444. The van der Waals surface area contributed by atoms with Gasteiger partial charge in [0, 0.05) is 38.4 Å². The van der Waals surface area contributed by atoms with Crippen LogP contribution in [-0.2, 0) is 4.79 Å². The van der Waals surface area contributed by atoms with Crippen LogP contribution in [-0.4, -0.2) is 87.4 Å². The Bertz CT molecular complexity index is 792. The van der Waals surface area contributed by atoms with Crippen molar-refractivity contribution in [2.24, 2.45) is 0 Å². The number of aliphatic hydroxyl groups excluding tert-OH is 1. The number of aliphatic hydroxyl groups is 1. The molecule has 0 radical (unpaired) electrons. The molecule has 0 spiro atoms. The molecule has 0 unspecified atom stereocenters. The first-order valence-electron chi connectivity index (χ1n) is 8.80. The molecule has 2 amide bonds. The number of carbonyl (C=O) groups excluding carboxylic acids is 2. The van der Waals surface area contributed by atoms with Crippen molar-refractivity contribution in [3.63, 3.8) is 0 Å². The number of carbonyl (C=O) groups is 2. The minimum atomic E-state index is -0.723. The highest BCUT2D eigenvalue weighted by atomic mass is 16.3. The van der Waals surface area contributed by atoms with Crippen LogP contribution in [0.15, 0.2) is 36.9 Å². The van der Waals surface area contributed by atoms with E-state index in [4.69, 9.17) is 0 Å². The molecule has 2 N–H and O–H groups in total. The second-order valence-electron chi connectivity index (χ2n) is 6.88. The molecule has 2 aromatic rings. The number of nitrogens with zero attached hydrogens (tertiary/aromatic N) is 5. The average molecular weight is 372 g/mol. The number of hydrogen-bond acceptors (Lipinski definition) is 6. The zero-order valence-electron chi connectivity index (χ0n) is 15.4. The summed E-state index contributed by atoms with van der Waals surface area (Å²) in [5.41, 5.74) is 1.28. The Morgan fingerprint density at radius 1 is 1.30 bits per heavy atom. The van der Waals surface area contributed by atoms with Gasteiger partial charge in [-0.05, 0) is 24.6 Å². The molecule has 1 saturated heterocycles. The van der Waals surface area contributed by atoms with E-state index in [1.54, 1.807) is 49.5 Å². The number of aromatic nitrogens is 3. The average Bonchev–Trinajstić information content (AvgIpc) is 3.18. The summed E-state index contributed by atoms with van der Waals surface area (Å²) in [5, 5.41) is 20.8. The molecule has 0 bridgehead atoms. The lowest BCUT2D eigenvalue weighted by Crippen LogP contribution is -2.55. The van der Waals surface area contributed by atoms with Crippen molar-refractivity contribution < 1.29 is 14.7 Å². The third-order valence-electron chi connectivity index (χ3n) is 4.67. The molecule has 2 heterocycles. The number of rotatable bonds is 5. The molecular weight excluding hydrogens is 348 g/mol. The molecule has 1 aliphatic rings. The first-order valence-corrected chi connectivity index (χ1v) is 8.80. The van der Waals surface area contributed by atoms with Crippen LogP contribution in [0, 0.1) is 0 Å². The molecule has 1 fully saturated rings. The van der Waals surface area contributed by atoms with Crippen molar-refractivity contribution in [2.75, 3.05) is 33.7 Å². The maximum absolute atomic E-state index is 12.6. The molecule has 1 aromatic carbocycles. The Hall–Kier alpha value is -2.78. The van der Waals surface area contributed by atoms with Crippen LogP contribution in [0.5, 0.6) is 0 Å². The molecule has 9 heteroatoms. The van der Waals surface area contributed by atoms with E-state index in [1.165, 1.54) is 4.90 Å². The molecule has 0 aliphatic carbocycles. The summed E-state index contributed by atoms with van der Waals surface area (Å²) in [7, 11) is 3.42. The molecule has 2 atom stereocenters. The van der Waals surface area contributed by atoms with Crippen LogP contribution in [0.4, 0.5) is 0 Å². The highest BCUT2D eigenvalue weighted by Gasteiger charge is 2.30. The van der Waals surface area contributed by atoms with Crippen molar-refractivity contribution in [3.05, 3.63) is 42.5 Å². The monoisotopic (exact) mass is 372 g/mol. The topological polar surface area (TPSA) is 104 Å². The van der Waals surface area contributed by atoms with E-state index in [0.717, 1.165) is 5.69 Å². The zero-order chi connectivity index (χ0) is 19.4. The van der Waals surface area contributed by atoms with E-state index in [1.807, 2.05) is 11.0 Å². The number of likely N-dealkylation sites (tertiary alicyclic amines) is 1. The van der Waals surface area contributed by atoms with E-state index in [-0.39, 0.29) is 24.4 Å². The second kappa shape index (κ2) is 8.28. The SMILES string of the molecule is CN(C)C(=O)CN1CC[C@@H](NC(=O)c2cccc(-n3cnnc3)c2)[C@H](O)C1. The van der Waals surface area contributed by atoms with Gasteiger partial charge in [-0.3, -0.25) is 19.1 Å². The highest BCUT2D eigenvalue weighted by molar-refractivity contribution is 5.95. The van der Waals surface area contributed by atoms with Crippen molar-refractivity contribution in [3.8, 4) is 5.69 Å². The Morgan fingerprint density at radius 2 is 2.04 bits per heavy atom. The van der Waals surface area contributed by atoms with Crippen LogP contribution in [0.3, 0.4) is 0 Å². The number of piperidine rings is 1. The Labute approximate surface area is 157 Å². The van der Waals surface area contributed by atoms with E-state index in [9.17, 15) is 14.7 Å². The third-order valence-corrected chi connectivity index (χ3v) is 4.67. The molecule has 27 heavy (non-hydrogen) atoms. The lowest BCUT2D eigenvalue weighted by Gasteiger charge is -2.36. The number of benzene rings is 1. The minimum absolute atomic E-state index is 0.00417. The van der Waals surface area contributed by atoms with Crippen molar-refractivity contribution in [2.45, 2.75) is 18.6 Å². The molecule has 1 aromatic heterocycles. The Kier molecular flexibility index (Phi) is 5.82. The summed E-state index contributed by atoms with van der Waals surface area (Å²) in [4.78, 5) is 27.8. The van der Waals surface area contributed by atoms with Crippen LogP contribution in [0.2, 0.25) is 0 Å². The van der Waals surface area contributed by atoms with E-state index in [0.29, 0.717) is 25.1 Å². The normalized spacial score (nSPS) is 20.3. The second-order valence-corrected chi connectivity index (χ2v) is 6.88. The van der Waals surface area contributed by atoms with Gasteiger partial charge in [0.25, 0.3) is 5.91 Å². The minimum Gasteiger partial charge on any atom is -0.390 e. The number of likely N-dealkylation sites (N-methyl/N-ethyl adjacent to an activating group) is 1. The van der Waals surface area contributed by atoms with Gasteiger partial charge in [0.2, 0.25) is 5.91 Å². The smallest absolute Gasteiger partial charge is 0.251 e. The quantitative estimate of drug-likeness (QED) is 0.735. The van der Waals surface area contributed by atoms with Gasteiger partial charge in [0.1, 0.15) is 12.7 Å². The first kappa shape index (κ1) is 19.0. The summed E-state index contributed by atoms with van der Waals surface area (Å²) in [6.07, 6.45) is 2.98. The van der Waals surface area contributed by atoms with Crippen molar-refractivity contribution in [1.29, 1.82) is 0 Å². The predicted octanol–water partition coefficient (Wildman–Crippen LogP) is -0.479. The van der Waals surface area contributed by atoms with E-state index >= 15 is 0 Å². The van der Waals surface area contributed by atoms with Gasteiger partial charge in [0.05, 0.1) is 18.7 Å². The van der Waals surface area contributed by atoms with Gasteiger partial charge in [-0.1, -0.05) is 6.07 Å². The fourth-order valence-corrected chi connectivity index (χ4v) is 3.04. The Morgan fingerprint density at radius 3 is 2.70 bits per heavy atom. The van der Waals surface area contributed by atoms with Crippen molar-refractivity contribution in [1.82, 2.24) is 29.9 Å². The van der Waals surface area contributed by atoms with Gasteiger partial charge in [-0.25, -0.2) is 0 Å². The van der Waals surface area contributed by atoms with Crippen molar-refractivity contribution >= 4 is 11.8 Å². The third kappa shape index (κ3) is 4.69. The van der Waals surface area contributed by atoms with Crippen LogP contribution in [0.25, 0.3) is 5.69 Å². The van der Waals surface area contributed by atoms with Crippen LogP contribution in [0.1, 0.15) is 16.8 Å². The number of β-amino-alcohol motifs (C(OH)–C–C–N with tert-alkyl or cyclic N) is 1. The number of hydrogen-bond donors (Lipinski definition) is 2. The van der Waals surface area contributed by atoms with Gasteiger partial charge in [0.15, 0.2) is 0 Å². The summed E-state index contributed by atoms with van der Waals surface area (Å²) in [6, 6.07) is 6.77. The van der Waals surface area contributed by atoms with Gasteiger partial charge in [-0.15, -0.1) is 10.2 Å². The van der Waals surface area contributed by atoms with Gasteiger partial charge < -0.3 is 15.3 Å². The van der Waals surface area contributed by atoms with E-state index in [2.05, 4.69) is 15.5 Å². The lowest BCUT2D eigenvalue weighted by atomic mass is 10.0. The molecule has 0 saturated carbocycles. The fourth-order valence-electron chi connectivity index (χ4n) is 3.04. The van der Waals surface area contributed by atoms with Gasteiger partial charge in [-0.2, -0.15) is 0 Å².